The molecule has 0 saturated carbocycles. The fourth-order valence-electron chi connectivity index (χ4n) is 2.36. The molecule has 0 aromatic heterocycles. The summed E-state index contributed by atoms with van der Waals surface area (Å²) in [4.78, 5) is 12.1. The van der Waals surface area contributed by atoms with E-state index in [0.29, 0.717) is 0 Å². The van der Waals surface area contributed by atoms with Gasteiger partial charge in [0.1, 0.15) is 0 Å². The molecule has 3 nitrogen and oxygen atoms in total. The Morgan fingerprint density at radius 3 is 2.63 bits per heavy atom. The van der Waals surface area contributed by atoms with E-state index in [1.165, 1.54) is 11.1 Å². The number of amides is 1. The number of aryl methyl sites for hydroxylation is 1. The van der Waals surface area contributed by atoms with Crippen molar-refractivity contribution in [3.63, 3.8) is 0 Å². The van der Waals surface area contributed by atoms with E-state index in [0.717, 1.165) is 12.8 Å². The number of halogens is 1. The summed E-state index contributed by atoms with van der Waals surface area (Å²) < 4.78 is 0. The molecule has 0 saturated heterocycles. The summed E-state index contributed by atoms with van der Waals surface area (Å²) >= 11 is 0. The van der Waals surface area contributed by atoms with Crippen molar-refractivity contribution in [1.29, 1.82) is 0 Å². The molecule has 1 unspecified atom stereocenters. The maximum atomic E-state index is 12.1. The van der Waals surface area contributed by atoms with Crippen molar-refractivity contribution in [2.45, 2.75) is 45.7 Å². The van der Waals surface area contributed by atoms with Crippen LogP contribution in [-0.2, 0) is 11.2 Å². The lowest BCUT2D eigenvalue weighted by molar-refractivity contribution is -0.125. The van der Waals surface area contributed by atoms with Gasteiger partial charge in [-0.2, -0.15) is 0 Å². The lowest BCUT2D eigenvalue weighted by atomic mass is 9.86. The number of carbonyl (C=O) groups excluding carboxylic acids is 1. The third-order valence-corrected chi connectivity index (χ3v) is 3.66. The zero-order valence-electron chi connectivity index (χ0n) is 11.8. The van der Waals surface area contributed by atoms with Gasteiger partial charge in [0.05, 0.1) is 12.1 Å². The molecular formula is C15H23ClN2O. The SMILES string of the molecule is CC(C)(C)[C@H](N)C(=O)NC1CCc2ccccc21.Cl. The van der Waals surface area contributed by atoms with Gasteiger partial charge >= 0.3 is 0 Å². The molecule has 0 bridgehead atoms. The number of hydrogen-bond donors (Lipinski definition) is 2. The minimum Gasteiger partial charge on any atom is -0.348 e. The monoisotopic (exact) mass is 282 g/mol. The van der Waals surface area contributed by atoms with Gasteiger partial charge in [0.15, 0.2) is 0 Å². The molecule has 0 aliphatic heterocycles. The van der Waals surface area contributed by atoms with E-state index in [2.05, 4.69) is 17.4 Å². The molecule has 1 aromatic carbocycles. The van der Waals surface area contributed by atoms with E-state index < -0.39 is 6.04 Å². The minimum atomic E-state index is -0.467. The largest absolute Gasteiger partial charge is 0.348 e. The third kappa shape index (κ3) is 3.48. The lowest BCUT2D eigenvalue weighted by Crippen LogP contribution is -2.49. The molecule has 0 heterocycles. The molecule has 19 heavy (non-hydrogen) atoms. The highest BCUT2D eigenvalue weighted by Crippen LogP contribution is 2.31. The zero-order chi connectivity index (χ0) is 13.3. The van der Waals surface area contributed by atoms with Crippen molar-refractivity contribution < 1.29 is 4.79 Å². The van der Waals surface area contributed by atoms with Crippen LogP contribution in [0.5, 0.6) is 0 Å². The first-order valence-corrected chi connectivity index (χ1v) is 6.53. The third-order valence-electron chi connectivity index (χ3n) is 3.66. The van der Waals surface area contributed by atoms with Crippen molar-refractivity contribution in [3.8, 4) is 0 Å². The number of hydrogen-bond acceptors (Lipinski definition) is 2. The Morgan fingerprint density at radius 2 is 2.00 bits per heavy atom. The van der Waals surface area contributed by atoms with Crippen LogP contribution < -0.4 is 11.1 Å². The Hall–Kier alpha value is -1.06. The molecule has 3 N–H and O–H groups in total. The van der Waals surface area contributed by atoms with Crippen LogP contribution in [0.3, 0.4) is 0 Å². The molecule has 1 aliphatic rings. The second-order valence-electron chi connectivity index (χ2n) is 6.14. The molecule has 0 radical (unpaired) electrons. The van der Waals surface area contributed by atoms with Crippen molar-refractivity contribution in [2.24, 2.45) is 11.1 Å². The smallest absolute Gasteiger partial charge is 0.237 e. The first-order valence-electron chi connectivity index (χ1n) is 6.53. The second kappa shape index (κ2) is 5.93. The predicted molar refractivity (Wildman–Crippen MR) is 80.3 cm³/mol. The zero-order valence-corrected chi connectivity index (χ0v) is 12.6. The second-order valence-corrected chi connectivity index (χ2v) is 6.14. The molecule has 1 amide bonds. The summed E-state index contributed by atoms with van der Waals surface area (Å²) in [6, 6.07) is 7.95. The van der Waals surface area contributed by atoms with Gasteiger partial charge in [-0.15, -0.1) is 12.4 Å². The minimum absolute atomic E-state index is 0. The number of benzene rings is 1. The van der Waals surface area contributed by atoms with Crippen LogP contribution in [0.15, 0.2) is 24.3 Å². The van der Waals surface area contributed by atoms with Gasteiger partial charge in [0.25, 0.3) is 0 Å². The molecule has 1 aliphatic carbocycles. The number of fused-ring (bicyclic) bond motifs is 1. The van der Waals surface area contributed by atoms with Crippen LogP contribution in [0, 0.1) is 5.41 Å². The Morgan fingerprint density at radius 1 is 1.37 bits per heavy atom. The summed E-state index contributed by atoms with van der Waals surface area (Å²) in [7, 11) is 0. The van der Waals surface area contributed by atoms with E-state index in [1.54, 1.807) is 0 Å². The molecule has 106 valence electrons. The van der Waals surface area contributed by atoms with Gasteiger partial charge in [0.2, 0.25) is 5.91 Å². The maximum absolute atomic E-state index is 12.1. The molecular weight excluding hydrogens is 260 g/mol. The van der Waals surface area contributed by atoms with E-state index >= 15 is 0 Å². The Balaban J connectivity index is 0.00000180. The highest BCUT2D eigenvalue weighted by molar-refractivity contribution is 5.85. The predicted octanol–water partition coefficient (Wildman–Crippen LogP) is 2.59. The number of nitrogens with one attached hydrogen (secondary N) is 1. The fourth-order valence-corrected chi connectivity index (χ4v) is 2.36. The molecule has 4 heteroatoms. The molecule has 2 rings (SSSR count). The van der Waals surface area contributed by atoms with Crippen LogP contribution in [0.4, 0.5) is 0 Å². The van der Waals surface area contributed by atoms with Crippen molar-refractivity contribution in [1.82, 2.24) is 5.32 Å². The highest BCUT2D eigenvalue weighted by Gasteiger charge is 2.30. The Bertz CT molecular complexity index is 454. The van der Waals surface area contributed by atoms with Gasteiger partial charge < -0.3 is 11.1 Å². The average molecular weight is 283 g/mol. The van der Waals surface area contributed by atoms with Gasteiger partial charge in [-0.05, 0) is 29.4 Å². The molecule has 0 spiro atoms. The van der Waals surface area contributed by atoms with Gasteiger partial charge in [-0.25, -0.2) is 0 Å². The summed E-state index contributed by atoms with van der Waals surface area (Å²) in [5.41, 5.74) is 8.36. The quantitative estimate of drug-likeness (QED) is 0.876. The highest BCUT2D eigenvalue weighted by atomic mass is 35.5. The van der Waals surface area contributed by atoms with Crippen molar-refractivity contribution in [2.75, 3.05) is 0 Å². The summed E-state index contributed by atoms with van der Waals surface area (Å²) in [6.45, 7) is 5.96. The standard InChI is InChI=1S/C15H22N2O.ClH/c1-15(2,3)13(16)14(18)17-12-9-8-10-6-4-5-7-11(10)12;/h4-7,12-13H,8-9,16H2,1-3H3,(H,17,18);1H/t12?,13-;/m1./s1. The van der Waals surface area contributed by atoms with E-state index in [-0.39, 0.29) is 29.8 Å². The summed E-state index contributed by atoms with van der Waals surface area (Å²) in [5.74, 6) is -0.0517. The van der Waals surface area contributed by atoms with Gasteiger partial charge in [-0.3, -0.25) is 4.79 Å². The lowest BCUT2D eigenvalue weighted by Gasteiger charge is -2.27. The fraction of sp³-hybridized carbons (Fsp3) is 0.533. The van der Waals surface area contributed by atoms with Crippen LogP contribution in [-0.4, -0.2) is 11.9 Å². The molecule has 1 aromatic rings. The van der Waals surface area contributed by atoms with Gasteiger partial charge in [0, 0.05) is 0 Å². The van der Waals surface area contributed by atoms with Crippen LogP contribution in [0.2, 0.25) is 0 Å². The number of nitrogens with two attached hydrogens (primary N) is 1. The van der Waals surface area contributed by atoms with E-state index in [1.807, 2.05) is 32.9 Å². The van der Waals surface area contributed by atoms with Crippen LogP contribution >= 0.6 is 12.4 Å². The maximum Gasteiger partial charge on any atom is 0.237 e. The van der Waals surface area contributed by atoms with Crippen molar-refractivity contribution >= 4 is 18.3 Å². The normalized spacial score (nSPS) is 19.3. The van der Waals surface area contributed by atoms with E-state index in [4.69, 9.17) is 5.73 Å². The topological polar surface area (TPSA) is 55.1 Å². The number of carbonyl (C=O) groups is 1. The van der Waals surface area contributed by atoms with E-state index in [9.17, 15) is 4.79 Å². The van der Waals surface area contributed by atoms with Crippen molar-refractivity contribution in [3.05, 3.63) is 35.4 Å². The van der Waals surface area contributed by atoms with Gasteiger partial charge in [-0.1, -0.05) is 45.0 Å². The Labute approximate surface area is 121 Å². The Kier molecular flexibility index (Phi) is 4.99. The van der Waals surface area contributed by atoms with Crippen LogP contribution in [0.25, 0.3) is 0 Å². The van der Waals surface area contributed by atoms with Crippen LogP contribution in [0.1, 0.15) is 44.4 Å². The first-order chi connectivity index (χ1) is 8.39. The average Bonchev–Trinajstić information content (AvgIpc) is 2.70. The molecule has 0 fully saturated rings. The number of rotatable bonds is 2. The summed E-state index contributed by atoms with van der Waals surface area (Å²) in [5, 5.41) is 3.08. The molecule has 2 atom stereocenters. The first kappa shape index (κ1) is 16.0. The summed E-state index contributed by atoms with van der Waals surface area (Å²) in [6.07, 6.45) is 2.01.